The van der Waals surface area contributed by atoms with Gasteiger partial charge in [0.15, 0.2) is 0 Å². The second-order valence-corrected chi connectivity index (χ2v) is 10.8. The SMILES string of the molecule is C=C1/N=C2\Nc3ccc(N4CCN(C)CC4)cc3N2CCCCCCc2c(cnn2C)-c2cc1cc(C)n2. The van der Waals surface area contributed by atoms with Crippen LogP contribution in [0.4, 0.5) is 17.1 Å². The number of anilines is 3. The van der Waals surface area contributed by atoms with Gasteiger partial charge in [0, 0.05) is 68.0 Å². The molecule has 0 aliphatic carbocycles. The van der Waals surface area contributed by atoms with Gasteiger partial charge in [0.2, 0.25) is 5.96 Å². The fraction of sp³-hybridized carbons (Fsp3) is 0.433. The molecule has 0 radical (unpaired) electrons. The summed E-state index contributed by atoms with van der Waals surface area (Å²) in [5, 5.41) is 8.16. The van der Waals surface area contributed by atoms with Crippen LogP contribution < -0.4 is 15.1 Å². The summed E-state index contributed by atoms with van der Waals surface area (Å²) in [6.07, 6.45) is 7.56. The van der Waals surface area contributed by atoms with Gasteiger partial charge in [-0.05, 0) is 63.6 Å². The number of aromatic nitrogens is 3. The zero-order chi connectivity index (χ0) is 26.2. The van der Waals surface area contributed by atoms with Crippen LogP contribution in [0, 0.1) is 6.92 Å². The number of hydrogen-bond donors (Lipinski definition) is 1. The van der Waals surface area contributed by atoms with Crippen molar-refractivity contribution < 1.29 is 0 Å². The molecule has 1 aromatic carbocycles. The number of likely N-dealkylation sites (N-methyl/N-ethyl adjacent to an activating group) is 1. The minimum atomic E-state index is 0.733. The van der Waals surface area contributed by atoms with Crippen LogP contribution >= 0.6 is 0 Å². The number of guanidine groups is 1. The number of nitrogens with one attached hydrogen (secondary N) is 1. The van der Waals surface area contributed by atoms with Crippen LogP contribution in [0.15, 0.2) is 48.1 Å². The summed E-state index contributed by atoms with van der Waals surface area (Å²) in [4.78, 5) is 17.2. The number of hydrogen-bond acceptors (Lipinski definition) is 7. The molecule has 0 spiro atoms. The van der Waals surface area contributed by atoms with E-state index >= 15 is 0 Å². The largest absolute Gasteiger partial charge is 0.369 e. The molecule has 0 saturated carbocycles. The molecule has 6 rings (SSSR count). The molecule has 3 aliphatic heterocycles. The van der Waals surface area contributed by atoms with Gasteiger partial charge in [-0.3, -0.25) is 9.67 Å². The summed E-state index contributed by atoms with van der Waals surface area (Å²) < 4.78 is 2.00. The van der Waals surface area contributed by atoms with Crippen LogP contribution in [0.2, 0.25) is 0 Å². The number of fused-ring (bicyclic) bond motifs is 7. The molecular formula is C30H38N8. The van der Waals surface area contributed by atoms with Crippen molar-refractivity contribution >= 4 is 28.7 Å². The molecule has 0 atom stereocenters. The quantitative estimate of drug-likeness (QED) is 0.502. The molecule has 8 heteroatoms. The molecule has 1 saturated heterocycles. The van der Waals surface area contributed by atoms with Crippen molar-refractivity contribution in [1.29, 1.82) is 0 Å². The van der Waals surface area contributed by atoms with Gasteiger partial charge in [-0.15, -0.1) is 0 Å². The van der Waals surface area contributed by atoms with Gasteiger partial charge in [0.05, 0.1) is 29.0 Å². The zero-order valence-electron chi connectivity index (χ0n) is 22.9. The van der Waals surface area contributed by atoms with E-state index in [0.29, 0.717) is 0 Å². The molecule has 2 bridgehead atoms. The molecule has 3 aromatic rings. The molecule has 8 nitrogen and oxygen atoms in total. The average molecular weight is 511 g/mol. The first-order valence-electron chi connectivity index (χ1n) is 13.9. The second-order valence-electron chi connectivity index (χ2n) is 10.8. The lowest BCUT2D eigenvalue weighted by molar-refractivity contribution is 0.313. The van der Waals surface area contributed by atoms with Crippen molar-refractivity contribution in [3.63, 3.8) is 0 Å². The van der Waals surface area contributed by atoms with E-state index in [1.165, 1.54) is 29.9 Å². The third-order valence-electron chi connectivity index (χ3n) is 8.05. The normalized spacial score (nSPS) is 20.0. The number of pyridine rings is 1. The lowest BCUT2D eigenvalue weighted by Gasteiger charge is -2.34. The summed E-state index contributed by atoms with van der Waals surface area (Å²) in [5.74, 6) is 0.855. The van der Waals surface area contributed by atoms with Crippen molar-refractivity contribution in [2.75, 3.05) is 54.9 Å². The predicted molar refractivity (Wildman–Crippen MR) is 157 cm³/mol. The Morgan fingerprint density at radius 3 is 2.58 bits per heavy atom. The molecule has 2 aromatic heterocycles. The van der Waals surface area contributed by atoms with Crippen molar-refractivity contribution in [2.45, 2.75) is 39.0 Å². The first-order chi connectivity index (χ1) is 18.5. The van der Waals surface area contributed by atoms with Gasteiger partial charge < -0.3 is 20.0 Å². The summed E-state index contributed by atoms with van der Waals surface area (Å²) in [5.41, 5.74) is 9.58. The number of piperazine rings is 1. The van der Waals surface area contributed by atoms with Crippen LogP contribution in [0.5, 0.6) is 0 Å². The first kappa shape index (κ1) is 24.7. The number of benzene rings is 1. The van der Waals surface area contributed by atoms with Crippen molar-refractivity contribution in [2.24, 2.45) is 12.0 Å². The lowest BCUT2D eigenvalue weighted by Crippen LogP contribution is -2.44. The third kappa shape index (κ3) is 4.80. The molecule has 0 unspecified atom stereocenters. The third-order valence-corrected chi connectivity index (χ3v) is 8.05. The predicted octanol–water partition coefficient (Wildman–Crippen LogP) is 4.92. The van der Waals surface area contributed by atoms with E-state index in [-0.39, 0.29) is 0 Å². The van der Waals surface area contributed by atoms with Gasteiger partial charge in [0.25, 0.3) is 0 Å². The molecule has 38 heavy (non-hydrogen) atoms. The maximum atomic E-state index is 5.06. The van der Waals surface area contributed by atoms with E-state index in [2.05, 4.69) is 69.1 Å². The second kappa shape index (κ2) is 10.3. The maximum Gasteiger partial charge on any atom is 0.208 e. The topological polar surface area (TPSA) is 64.8 Å². The van der Waals surface area contributed by atoms with Gasteiger partial charge in [0.1, 0.15) is 0 Å². The maximum absolute atomic E-state index is 5.06. The fourth-order valence-corrected chi connectivity index (χ4v) is 5.78. The summed E-state index contributed by atoms with van der Waals surface area (Å²) in [6.45, 7) is 11.7. The summed E-state index contributed by atoms with van der Waals surface area (Å²) in [6, 6.07) is 11.0. The summed E-state index contributed by atoms with van der Waals surface area (Å²) >= 11 is 0. The average Bonchev–Trinajstić information content (AvgIpc) is 3.44. The van der Waals surface area contributed by atoms with E-state index in [1.54, 1.807) is 0 Å². The van der Waals surface area contributed by atoms with Crippen LogP contribution in [0.3, 0.4) is 0 Å². The van der Waals surface area contributed by atoms with E-state index in [0.717, 1.165) is 91.8 Å². The molecule has 1 fully saturated rings. The first-order valence-corrected chi connectivity index (χ1v) is 13.9. The molecule has 5 heterocycles. The fourth-order valence-electron chi connectivity index (χ4n) is 5.78. The molecule has 3 aliphatic rings. The monoisotopic (exact) mass is 510 g/mol. The number of nitrogens with zero attached hydrogens (tertiary/aromatic N) is 7. The highest BCUT2D eigenvalue weighted by molar-refractivity contribution is 6.16. The highest BCUT2D eigenvalue weighted by atomic mass is 15.4. The molecule has 1 N–H and O–H groups in total. The van der Waals surface area contributed by atoms with Crippen molar-refractivity contribution in [1.82, 2.24) is 19.7 Å². The summed E-state index contributed by atoms with van der Waals surface area (Å²) in [7, 11) is 4.23. The van der Waals surface area contributed by atoms with Crippen LogP contribution in [-0.4, -0.2) is 65.4 Å². The highest BCUT2D eigenvalue weighted by Gasteiger charge is 2.27. The minimum absolute atomic E-state index is 0.733. The zero-order valence-corrected chi connectivity index (χ0v) is 22.9. The number of aryl methyl sites for hydroxylation is 2. The van der Waals surface area contributed by atoms with Gasteiger partial charge in [-0.25, -0.2) is 4.99 Å². The van der Waals surface area contributed by atoms with E-state index in [4.69, 9.17) is 9.98 Å². The Kier molecular flexibility index (Phi) is 6.66. The standard InChI is InChI=1S/C30H38N8/c1-21-17-23-18-27(32-21)25-20-31-36(4)28(25)9-7-5-6-8-12-38-29-19-24(37-15-13-35(3)14-16-37)10-11-26(29)34-30(38)33-22(23)2/h10-11,17-20H,2,5-9,12-16H2,1,3-4H3,(H,33,34). The number of rotatable bonds is 1. The lowest BCUT2D eigenvalue weighted by atomic mass is 10.0. The Balaban J connectivity index is 1.35. The highest BCUT2D eigenvalue weighted by Crippen LogP contribution is 2.37. The Morgan fingerprint density at radius 2 is 1.74 bits per heavy atom. The molecule has 0 amide bonds. The Labute approximate surface area is 225 Å². The smallest absolute Gasteiger partial charge is 0.208 e. The van der Waals surface area contributed by atoms with E-state index < -0.39 is 0 Å². The van der Waals surface area contributed by atoms with E-state index in [9.17, 15) is 0 Å². The van der Waals surface area contributed by atoms with Crippen LogP contribution in [-0.2, 0) is 13.5 Å². The Hall–Kier alpha value is -3.65. The van der Waals surface area contributed by atoms with Crippen molar-refractivity contribution in [3.05, 3.63) is 60.1 Å². The molecular weight excluding hydrogens is 472 g/mol. The molecule has 198 valence electrons. The van der Waals surface area contributed by atoms with Crippen LogP contribution in [0.1, 0.15) is 42.6 Å². The van der Waals surface area contributed by atoms with Gasteiger partial charge >= 0.3 is 0 Å². The van der Waals surface area contributed by atoms with Gasteiger partial charge in [-0.1, -0.05) is 19.4 Å². The van der Waals surface area contributed by atoms with Gasteiger partial charge in [-0.2, -0.15) is 5.10 Å². The Morgan fingerprint density at radius 1 is 0.921 bits per heavy atom. The Bertz CT molecular complexity index is 1380. The minimum Gasteiger partial charge on any atom is -0.369 e. The number of aliphatic imine (C=N–C) groups is 1. The van der Waals surface area contributed by atoms with E-state index in [1.807, 2.05) is 24.9 Å². The van der Waals surface area contributed by atoms with Crippen molar-refractivity contribution in [3.8, 4) is 11.3 Å². The van der Waals surface area contributed by atoms with Crippen LogP contribution in [0.25, 0.3) is 17.0 Å².